The van der Waals surface area contributed by atoms with Crippen LogP contribution in [0.5, 0.6) is 0 Å². The molecular weight excluding hydrogens is 110 g/mol. The van der Waals surface area contributed by atoms with Crippen LogP contribution in [0.25, 0.3) is 0 Å². The number of carbonyl (C=O) groups excluding carboxylic acids is 1. The monoisotopic (exact) mass is 113 g/mol. The van der Waals surface area contributed by atoms with Gasteiger partial charge < -0.3 is 4.84 Å². The minimum Gasteiger partial charge on any atom is -0.321 e. The Morgan fingerprint density at radius 2 is 2.62 bits per heavy atom. The van der Waals surface area contributed by atoms with Crippen LogP contribution >= 0.6 is 0 Å². The molecule has 0 aromatic carbocycles. The predicted octanol–water partition coefficient (Wildman–Crippen LogP) is -1.14. The van der Waals surface area contributed by atoms with Gasteiger partial charge in [0.05, 0.1) is 12.4 Å². The molecule has 1 heterocycles. The lowest BCUT2D eigenvalue weighted by Crippen LogP contribution is -2.09. The summed E-state index contributed by atoms with van der Waals surface area (Å²) in [6.07, 6.45) is 2.82. The Hall–Kier alpha value is -1.39. The lowest BCUT2D eigenvalue weighted by molar-refractivity contribution is -0.130. The molecule has 0 atom stereocenters. The third-order valence-corrected chi connectivity index (χ3v) is 0.552. The van der Waals surface area contributed by atoms with Gasteiger partial charge in [-0.15, -0.1) is 5.10 Å². The number of nitrogens with zero attached hydrogens (tertiary/aromatic N) is 3. The van der Waals surface area contributed by atoms with Gasteiger partial charge in [0.25, 0.3) is 0 Å². The zero-order valence-corrected chi connectivity index (χ0v) is 3.89. The van der Waals surface area contributed by atoms with Crippen LogP contribution in [0.15, 0.2) is 12.4 Å². The molecule has 0 spiro atoms. The third-order valence-electron chi connectivity index (χ3n) is 0.552. The molecule has 1 rings (SSSR count). The standard InChI is InChI=1S/C3H3N3O2/c7-3-8-6-2-1-4-5-6/h1-3H. The highest BCUT2D eigenvalue weighted by Gasteiger charge is 1.83. The smallest absolute Gasteiger partial charge is 0.321 e. The molecule has 0 bridgehead atoms. The molecule has 0 N–H and O–H groups in total. The van der Waals surface area contributed by atoms with Crippen molar-refractivity contribution in [2.45, 2.75) is 0 Å². The molecule has 0 aliphatic rings. The summed E-state index contributed by atoms with van der Waals surface area (Å²) in [5.74, 6) is 0. The van der Waals surface area contributed by atoms with E-state index in [4.69, 9.17) is 0 Å². The van der Waals surface area contributed by atoms with Gasteiger partial charge in [-0.05, 0) is 5.21 Å². The van der Waals surface area contributed by atoms with Crippen molar-refractivity contribution in [1.82, 2.24) is 15.2 Å². The highest BCUT2D eigenvalue weighted by atomic mass is 16.7. The zero-order chi connectivity index (χ0) is 5.82. The maximum Gasteiger partial charge on any atom is 0.323 e. The van der Waals surface area contributed by atoms with Gasteiger partial charge in [0.1, 0.15) is 0 Å². The fourth-order valence-corrected chi connectivity index (χ4v) is 0.298. The van der Waals surface area contributed by atoms with E-state index in [0.717, 1.165) is 4.85 Å². The summed E-state index contributed by atoms with van der Waals surface area (Å²) >= 11 is 0. The molecule has 5 nitrogen and oxygen atoms in total. The molecular formula is C3H3N3O2. The molecule has 0 aliphatic carbocycles. The molecule has 42 valence electrons. The Morgan fingerprint density at radius 3 is 3.12 bits per heavy atom. The minimum absolute atomic E-state index is 0.272. The van der Waals surface area contributed by atoms with Gasteiger partial charge >= 0.3 is 6.47 Å². The Bertz CT molecular complexity index is 159. The highest BCUT2D eigenvalue weighted by Crippen LogP contribution is 1.69. The van der Waals surface area contributed by atoms with Gasteiger partial charge in [-0.25, -0.2) is 0 Å². The number of aromatic nitrogens is 3. The second-order valence-corrected chi connectivity index (χ2v) is 1.01. The summed E-state index contributed by atoms with van der Waals surface area (Å²) in [6.45, 7) is 0.272. The van der Waals surface area contributed by atoms with Crippen LogP contribution in [-0.4, -0.2) is 21.6 Å². The molecule has 0 amide bonds. The highest BCUT2D eigenvalue weighted by molar-refractivity contribution is 5.37. The summed E-state index contributed by atoms with van der Waals surface area (Å²) in [4.78, 5) is 14.7. The number of carbonyl (C=O) groups is 1. The van der Waals surface area contributed by atoms with Crippen LogP contribution < -0.4 is 4.84 Å². The first-order chi connectivity index (χ1) is 3.93. The maximum atomic E-state index is 9.56. The van der Waals surface area contributed by atoms with E-state index in [0.29, 0.717) is 0 Å². The Labute approximate surface area is 44.8 Å². The number of rotatable bonds is 2. The summed E-state index contributed by atoms with van der Waals surface area (Å²) < 4.78 is 0. The van der Waals surface area contributed by atoms with Crippen LogP contribution in [0.3, 0.4) is 0 Å². The fourth-order valence-electron chi connectivity index (χ4n) is 0.298. The average molecular weight is 113 g/mol. The van der Waals surface area contributed by atoms with Crippen molar-refractivity contribution in [2.24, 2.45) is 0 Å². The van der Waals surface area contributed by atoms with Crippen LogP contribution in [0, 0.1) is 0 Å². The first kappa shape index (κ1) is 4.76. The van der Waals surface area contributed by atoms with Gasteiger partial charge in [0.15, 0.2) is 0 Å². The molecule has 1 aromatic heterocycles. The Kier molecular flexibility index (Phi) is 1.23. The zero-order valence-electron chi connectivity index (χ0n) is 3.89. The number of hydrogen-bond acceptors (Lipinski definition) is 4. The second-order valence-electron chi connectivity index (χ2n) is 1.01. The van der Waals surface area contributed by atoms with Gasteiger partial charge in [-0.2, -0.15) is 0 Å². The largest absolute Gasteiger partial charge is 0.323 e. The molecule has 8 heavy (non-hydrogen) atoms. The van der Waals surface area contributed by atoms with Gasteiger partial charge in [-0.3, -0.25) is 4.79 Å². The van der Waals surface area contributed by atoms with Crippen LogP contribution in [0.2, 0.25) is 0 Å². The molecule has 5 heteroatoms. The van der Waals surface area contributed by atoms with Crippen LogP contribution in [0.1, 0.15) is 0 Å². The van der Waals surface area contributed by atoms with E-state index in [2.05, 4.69) is 15.1 Å². The van der Waals surface area contributed by atoms with Gasteiger partial charge in [0.2, 0.25) is 0 Å². The number of hydrogen-bond donors (Lipinski definition) is 0. The normalized spacial score (nSPS) is 8.50. The van der Waals surface area contributed by atoms with E-state index in [1.165, 1.54) is 12.4 Å². The Balaban J connectivity index is 2.62. The van der Waals surface area contributed by atoms with E-state index in [9.17, 15) is 4.79 Å². The maximum absolute atomic E-state index is 9.56. The average Bonchev–Trinajstić information content (AvgIpc) is 2.19. The summed E-state index contributed by atoms with van der Waals surface area (Å²) in [6, 6.07) is 0. The van der Waals surface area contributed by atoms with Crippen LogP contribution in [-0.2, 0) is 4.79 Å². The fraction of sp³-hybridized carbons (Fsp3) is 0. The molecule has 0 saturated carbocycles. The molecule has 0 fully saturated rings. The quantitative estimate of drug-likeness (QED) is 0.359. The van der Waals surface area contributed by atoms with Crippen molar-refractivity contribution in [2.75, 3.05) is 0 Å². The molecule has 0 radical (unpaired) electrons. The summed E-state index contributed by atoms with van der Waals surface area (Å²) in [5, 5.41) is 6.69. The van der Waals surface area contributed by atoms with E-state index >= 15 is 0 Å². The SMILES string of the molecule is O=COn1ccnn1. The van der Waals surface area contributed by atoms with E-state index in [1.807, 2.05) is 0 Å². The van der Waals surface area contributed by atoms with Crippen molar-refractivity contribution in [3.05, 3.63) is 12.4 Å². The molecule has 0 unspecified atom stereocenters. The van der Waals surface area contributed by atoms with E-state index in [1.54, 1.807) is 0 Å². The van der Waals surface area contributed by atoms with Gasteiger partial charge in [-0.1, -0.05) is 4.85 Å². The van der Waals surface area contributed by atoms with Crippen molar-refractivity contribution in [1.29, 1.82) is 0 Å². The first-order valence-electron chi connectivity index (χ1n) is 1.90. The van der Waals surface area contributed by atoms with E-state index < -0.39 is 0 Å². The third kappa shape index (κ3) is 0.810. The van der Waals surface area contributed by atoms with Gasteiger partial charge in [0, 0.05) is 0 Å². The van der Waals surface area contributed by atoms with Crippen LogP contribution in [0.4, 0.5) is 0 Å². The van der Waals surface area contributed by atoms with Crippen molar-refractivity contribution in [3.8, 4) is 0 Å². The summed E-state index contributed by atoms with van der Waals surface area (Å²) in [5.41, 5.74) is 0. The van der Waals surface area contributed by atoms with Crippen molar-refractivity contribution in [3.63, 3.8) is 0 Å². The topological polar surface area (TPSA) is 57.0 Å². The lowest BCUT2D eigenvalue weighted by atomic mass is 11.0. The minimum atomic E-state index is 0.272. The van der Waals surface area contributed by atoms with E-state index in [-0.39, 0.29) is 6.47 Å². The second kappa shape index (κ2) is 2.06. The lowest BCUT2D eigenvalue weighted by Gasteiger charge is -1.87. The Morgan fingerprint density at radius 1 is 1.75 bits per heavy atom. The van der Waals surface area contributed by atoms with Crippen molar-refractivity contribution < 1.29 is 9.63 Å². The van der Waals surface area contributed by atoms with Crippen molar-refractivity contribution >= 4 is 6.47 Å². The molecule has 0 aliphatic heterocycles. The first-order valence-corrected chi connectivity index (χ1v) is 1.90. The summed E-state index contributed by atoms with van der Waals surface area (Å²) in [7, 11) is 0. The molecule has 0 saturated heterocycles. The molecule has 1 aromatic rings. The predicted molar refractivity (Wildman–Crippen MR) is 22.7 cm³/mol.